The van der Waals surface area contributed by atoms with E-state index in [1.807, 2.05) is 0 Å². The zero-order chi connectivity index (χ0) is 13.4. The minimum absolute atomic E-state index is 0.727. The zero-order valence-corrected chi connectivity index (χ0v) is 12.5. The Morgan fingerprint density at radius 2 is 1.83 bits per heavy atom. The fraction of sp³-hybridized carbons (Fsp3) is 0.600. The summed E-state index contributed by atoms with van der Waals surface area (Å²) >= 11 is 0. The van der Waals surface area contributed by atoms with Crippen LogP contribution in [0.4, 0.5) is 0 Å². The van der Waals surface area contributed by atoms with Gasteiger partial charge in [-0.15, -0.1) is 0 Å². The second-order valence-corrected chi connectivity index (χ2v) is 5.36. The zero-order valence-electron chi connectivity index (χ0n) is 12.5. The summed E-state index contributed by atoms with van der Waals surface area (Å²) in [6, 6.07) is 11.6. The molecule has 0 bridgehead atoms. The molecule has 0 aliphatic rings. The Morgan fingerprint density at radius 3 is 2.33 bits per heavy atom. The topological polar surface area (TPSA) is 3.24 Å². The molecule has 1 nitrogen and oxygen atoms in total. The average molecular weight is 243 g/mol. The van der Waals surface area contributed by atoms with E-state index in [4.69, 9.17) is 0 Å². The SMILES string of the molecule is BBN(Cc1ccccc1)C(CC)CC(C)CC. The van der Waals surface area contributed by atoms with Crippen molar-refractivity contribution in [3.8, 4) is 0 Å². The van der Waals surface area contributed by atoms with E-state index in [-0.39, 0.29) is 0 Å². The molecule has 18 heavy (non-hydrogen) atoms. The highest BCUT2D eigenvalue weighted by Gasteiger charge is 2.17. The highest BCUT2D eigenvalue weighted by Crippen LogP contribution is 2.18. The average Bonchev–Trinajstić information content (AvgIpc) is 2.43. The van der Waals surface area contributed by atoms with Crippen LogP contribution in [-0.2, 0) is 6.54 Å². The van der Waals surface area contributed by atoms with E-state index in [2.05, 4.69) is 63.7 Å². The number of hydrogen-bond acceptors (Lipinski definition) is 1. The molecule has 1 aromatic carbocycles. The van der Waals surface area contributed by atoms with Crippen molar-refractivity contribution in [2.75, 3.05) is 0 Å². The van der Waals surface area contributed by atoms with Crippen molar-refractivity contribution in [1.29, 1.82) is 0 Å². The Hall–Kier alpha value is -0.690. The van der Waals surface area contributed by atoms with Crippen LogP contribution in [0.5, 0.6) is 0 Å². The lowest BCUT2D eigenvalue weighted by molar-refractivity contribution is 0.267. The lowest BCUT2D eigenvalue weighted by Crippen LogP contribution is -2.38. The van der Waals surface area contributed by atoms with Crippen LogP contribution in [0.25, 0.3) is 0 Å². The smallest absolute Gasteiger partial charge is 0.162 e. The molecular weight excluding hydrogens is 216 g/mol. The number of nitrogens with zero attached hydrogens (tertiary/aromatic N) is 1. The van der Waals surface area contributed by atoms with Gasteiger partial charge in [-0.05, 0) is 30.4 Å². The van der Waals surface area contributed by atoms with Gasteiger partial charge in [-0.3, -0.25) is 0 Å². The second-order valence-electron chi connectivity index (χ2n) is 5.36. The Labute approximate surface area is 115 Å². The van der Waals surface area contributed by atoms with Crippen molar-refractivity contribution in [3.05, 3.63) is 35.9 Å². The first-order chi connectivity index (χ1) is 8.71. The van der Waals surface area contributed by atoms with Crippen molar-refractivity contribution in [3.63, 3.8) is 0 Å². The monoisotopic (exact) mass is 243 g/mol. The molecule has 0 radical (unpaired) electrons. The standard InChI is InChI=1S/C15H27B2N/c1-4-13(3)11-15(5-2)18(17-16)12-14-9-7-6-8-10-14/h6-10,13,15,17H,4-5,11-12,16H2,1-3H3. The van der Waals surface area contributed by atoms with Crippen molar-refractivity contribution < 1.29 is 0 Å². The maximum atomic E-state index is 2.63. The molecule has 0 spiro atoms. The molecule has 0 aliphatic heterocycles. The third-order valence-electron chi connectivity index (χ3n) is 3.99. The minimum Gasteiger partial charge on any atom is -0.347 e. The molecule has 0 fully saturated rings. The molecule has 0 saturated heterocycles. The van der Waals surface area contributed by atoms with Gasteiger partial charge in [0.05, 0.1) is 7.74 Å². The van der Waals surface area contributed by atoms with Gasteiger partial charge in [0.2, 0.25) is 0 Å². The van der Waals surface area contributed by atoms with Crippen molar-refractivity contribution in [1.82, 2.24) is 4.81 Å². The fourth-order valence-corrected chi connectivity index (χ4v) is 2.52. The Balaban J connectivity index is 2.62. The van der Waals surface area contributed by atoms with E-state index in [1.165, 1.54) is 24.8 Å². The quantitative estimate of drug-likeness (QED) is 0.634. The maximum absolute atomic E-state index is 2.63. The van der Waals surface area contributed by atoms with Crippen LogP contribution >= 0.6 is 0 Å². The Kier molecular flexibility index (Phi) is 7.19. The van der Waals surface area contributed by atoms with E-state index < -0.39 is 0 Å². The van der Waals surface area contributed by atoms with E-state index in [0.717, 1.165) is 25.8 Å². The molecular formula is C15H27B2N. The lowest BCUT2D eigenvalue weighted by atomic mass is 9.63. The van der Waals surface area contributed by atoms with Crippen LogP contribution in [0.3, 0.4) is 0 Å². The predicted molar refractivity (Wildman–Crippen MR) is 85.8 cm³/mol. The highest BCUT2D eigenvalue weighted by molar-refractivity contribution is 6.87. The van der Waals surface area contributed by atoms with Crippen molar-refractivity contribution >= 4 is 15.0 Å². The first-order valence-electron chi connectivity index (χ1n) is 7.49. The number of benzene rings is 1. The first kappa shape index (κ1) is 15.4. The van der Waals surface area contributed by atoms with Crippen LogP contribution < -0.4 is 0 Å². The fourth-order valence-electron chi connectivity index (χ4n) is 2.52. The molecule has 0 heterocycles. The van der Waals surface area contributed by atoms with E-state index in [0.29, 0.717) is 0 Å². The third-order valence-corrected chi connectivity index (χ3v) is 3.99. The minimum atomic E-state index is 0.727. The second kappa shape index (κ2) is 8.42. The van der Waals surface area contributed by atoms with Crippen molar-refractivity contribution in [2.45, 2.75) is 52.6 Å². The molecule has 0 amide bonds. The van der Waals surface area contributed by atoms with Crippen LogP contribution in [0.1, 0.15) is 45.6 Å². The van der Waals surface area contributed by atoms with Gasteiger partial charge in [-0.1, -0.05) is 57.5 Å². The summed E-state index contributed by atoms with van der Waals surface area (Å²) in [5.74, 6) is 0.833. The van der Waals surface area contributed by atoms with Gasteiger partial charge in [0.25, 0.3) is 0 Å². The van der Waals surface area contributed by atoms with Gasteiger partial charge in [-0.25, -0.2) is 0 Å². The molecule has 3 heteroatoms. The summed E-state index contributed by atoms with van der Waals surface area (Å²) in [6.07, 6.45) is 3.87. The maximum Gasteiger partial charge on any atom is 0.162 e. The Bertz CT molecular complexity index is 316. The van der Waals surface area contributed by atoms with Gasteiger partial charge in [0.1, 0.15) is 0 Å². The van der Waals surface area contributed by atoms with Gasteiger partial charge in [0.15, 0.2) is 7.31 Å². The largest absolute Gasteiger partial charge is 0.347 e. The van der Waals surface area contributed by atoms with Gasteiger partial charge >= 0.3 is 0 Å². The first-order valence-corrected chi connectivity index (χ1v) is 7.49. The molecule has 0 aromatic heterocycles. The van der Waals surface area contributed by atoms with E-state index in [9.17, 15) is 0 Å². The summed E-state index contributed by atoms with van der Waals surface area (Å²) in [7, 11) is 3.42. The van der Waals surface area contributed by atoms with Gasteiger partial charge in [0, 0.05) is 6.54 Å². The molecule has 0 N–H and O–H groups in total. The summed E-state index contributed by atoms with van der Waals surface area (Å²) in [4.78, 5) is 2.63. The summed E-state index contributed by atoms with van der Waals surface area (Å²) in [5.41, 5.74) is 1.43. The predicted octanol–water partition coefficient (Wildman–Crippen LogP) is 2.60. The summed E-state index contributed by atoms with van der Waals surface area (Å²) < 4.78 is 0. The van der Waals surface area contributed by atoms with Crippen molar-refractivity contribution in [2.24, 2.45) is 5.92 Å². The van der Waals surface area contributed by atoms with Crippen LogP contribution in [0.15, 0.2) is 30.3 Å². The normalized spacial score (nSPS) is 14.4. The molecule has 0 aliphatic carbocycles. The molecule has 2 atom stereocenters. The molecule has 1 aromatic rings. The summed E-state index contributed by atoms with van der Waals surface area (Å²) in [6.45, 7) is 8.08. The lowest BCUT2D eigenvalue weighted by Gasteiger charge is -2.32. The summed E-state index contributed by atoms with van der Waals surface area (Å²) in [5, 5.41) is 0. The molecule has 0 saturated carbocycles. The molecule has 1 rings (SSSR count). The highest BCUT2D eigenvalue weighted by atomic mass is 15.1. The van der Waals surface area contributed by atoms with E-state index in [1.54, 1.807) is 0 Å². The van der Waals surface area contributed by atoms with E-state index >= 15 is 0 Å². The molecule has 2 unspecified atom stereocenters. The number of hydrogen-bond donors (Lipinski definition) is 0. The van der Waals surface area contributed by atoms with Crippen LogP contribution in [0, 0.1) is 5.92 Å². The van der Waals surface area contributed by atoms with Gasteiger partial charge in [-0.2, -0.15) is 0 Å². The van der Waals surface area contributed by atoms with Crippen LogP contribution in [-0.4, -0.2) is 25.9 Å². The van der Waals surface area contributed by atoms with Gasteiger partial charge < -0.3 is 4.81 Å². The van der Waals surface area contributed by atoms with Crippen LogP contribution in [0.2, 0.25) is 0 Å². The number of rotatable bonds is 8. The third kappa shape index (κ3) is 4.89. The molecule has 98 valence electrons. The Morgan fingerprint density at radius 1 is 1.17 bits per heavy atom.